The minimum Gasteiger partial charge on any atom is -0.462 e. The van der Waals surface area contributed by atoms with E-state index in [-0.39, 0.29) is 31.1 Å². The van der Waals surface area contributed by atoms with E-state index >= 15 is 0 Å². The summed E-state index contributed by atoms with van der Waals surface area (Å²) in [5.74, 6) is -0.907. The number of carbonyl (C=O) groups is 3. The molecule has 6 heteroatoms. The monoisotopic (exact) mass is 939 g/mol. The smallest absolute Gasteiger partial charge is 0.306 e. The minimum atomic E-state index is -0.786. The van der Waals surface area contributed by atoms with E-state index in [1.54, 1.807) is 0 Å². The summed E-state index contributed by atoms with van der Waals surface area (Å²) in [6, 6.07) is 0. The van der Waals surface area contributed by atoms with Crippen LogP contribution in [0.15, 0.2) is 48.6 Å². The van der Waals surface area contributed by atoms with Gasteiger partial charge < -0.3 is 14.2 Å². The maximum absolute atomic E-state index is 12.9. The molecule has 0 radical (unpaired) electrons. The van der Waals surface area contributed by atoms with E-state index in [4.69, 9.17) is 14.2 Å². The Balaban J connectivity index is 4.38. The van der Waals surface area contributed by atoms with Gasteiger partial charge in [0.05, 0.1) is 0 Å². The van der Waals surface area contributed by atoms with Crippen molar-refractivity contribution in [3.05, 3.63) is 48.6 Å². The van der Waals surface area contributed by atoms with E-state index in [9.17, 15) is 14.4 Å². The lowest BCUT2D eigenvalue weighted by atomic mass is 10.0. The zero-order valence-electron chi connectivity index (χ0n) is 44.7. The standard InChI is InChI=1S/C61H110O6/c1-4-7-10-13-16-19-22-25-28-30-33-36-39-42-45-48-51-54-60(63)66-57-58(56-65-59(62)53-50-47-44-41-38-35-32-27-24-21-18-15-12-9-6-3)67-61(64)55-52-49-46-43-40-37-34-31-29-26-23-20-17-14-11-8-5-2/h9,12,18,21,27,32,38,41,58H,4-8,10-11,13-17,19-20,22-26,28-31,33-37,39-40,42-57H2,1-3H3/b12-9-,21-18-,32-27-,41-38-. The van der Waals surface area contributed by atoms with Gasteiger partial charge in [0.2, 0.25) is 0 Å². The summed E-state index contributed by atoms with van der Waals surface area (Å²) in [6.45, 7) is 6.54. The average Bonchev–Trinajstić information content (AvgIpc) is 3.33. The molecule has 390 valence electrons. The maximum Gasteiger partial charge on any atom is 0.306 e. The van der Waals surface area contributed by atoms with Crippen molar-refractivity contribution in [2.45, 2.75) is 309 Å². The molecule has 0 saturated heterocycles. The molecule has 67 heavy (non-hydrogen) atoms. The predicted molar refractivity (Wildman–Crippen MR) is 289 cm³/mol. The normalized spacial score (nSPS) is 12.3. The number of esters is 3. The molecule has 0 aromatic rings. The van der Waals surface area contributed by atoms with Gasteiger partial charge in [0, 0.05) is 19.3 Å². The summed E-state index contributed by atoms with van der Waals surface area (Å²) in [6.07, 6.45) is 68.2. The van der Waals surface area contributed by atoms with Gasteiger partial charge in [0.25, 0.3) is 0 Å². The van der Waals surface area contributed by atoms with Crippen LogP contribution >= 0.6 is 0 Å². The Morgan fingerprint density at radius 2 is 0.582 bits per heavy atom. The van der Waals surface area contributed by atoms with Crippen LogP contribution in [0.3, 0.4) is 0 Å². The first-order valence-corrected chi connectivity index (χ1v) is 29.1. The van der Waals surface area contributed by atoms with Crippen molar-refractivity contribution < 1.29 is 28.6 Å². The van der Waals surface area contributed by atoms with Crippen LogP contribution < -0.4 is 0 Å². The molecule has 0 heterocycles. The van der Waals surface area contributed by atoms with Crippen molar-refractivity contribution in [2.24, 2.45) is 0 Å². The Morgan fingerprint density at radius 1 is 0.313 bits per heavy atom. The highest BCUT2D eigenvalue weighted by Crippen LogP contribution is 2.17. The molecule has 0 rings (SSSR count). The molecule has 0 amide bonds. The molecule has 6 nitrogen and oxygen atoms in total. The van der Waals surface area contributed by atoms with E-state index in [0.717, 1.165) is 83.5 Å². The molecule has 0 aromatic heterocycles. The first-order valence-electron chi connectivity index (χ1n) is 29.1. The fourth-order valence-electron chi connectivity index (χ4n) is 8.49. The summed E-state index contributed by atoms with van der Waals surface area (Å²) in [5, 5.41) is 0. The van der Waals surface area contributed by atoms with Gasteiger partial charge in [-0.1, -0.05) is 275 Å². The van der Waals surface area contributed by atoms with Gasteiger partial charge in [0.1, 0.15) is 13.2 Å². The Labute approximate surface area is 416 Å². The van der Waals surface area contributed by atoms with Crippen LogP contribution in [0.2, 0.25) is 0 Å². The van der Waals surface area contributed by atoms with E-state index in [0.29, 0.717) is 19.3 Å². The highest BCUT2D eigenvalue weighted by molar-refractivity contribution is 5.71. The first-order chi connectivity index (χ1) is 33.0. The predicted octanol–water partition coefficient (Wildman–Crippen LogP) is 19.4. The van der Waals surface area contributed by atoms with E-state index < -0.39 is 6.10 Å². The molecule has 0 bridgehead atoms. The number of ether oxygens (including phenoxy) is 3. The van der Waals surface area contributed by atoms with E-state index in [2.05, 4.69) is 69.4 Å². The molecular weight excluding hydrogens is 829 g/mol. The molecule has 0 spiro atoms. The number of hydrogen-bond acceptors (Lipinski definition) is 6. The van der Waals surface area contributed by atoms with Crippen molar-refractivity contribution >= 4 is 17.9 Å². The van der Waals surface area contributed by atoms with Crippen LogP contribution in [0, 0.1) is 0 Å². The lowest BCUT2D eigenvalue weighted by molar-refractivity contribution is -0.167. The van der Waals surface area contributed by atoms with Crippen molar-refractivity contribution in [3.8, 4) is 0 Å². The molecule has 0 aliphatic rings. The topological polar surface area (TPSA) is 78.9 Å². The second kappa shape index (κ2) is 56.0. The van der Waals surface area contributed by atoms with Gasteiger partial charge in [-0.25, -0.2) is 0 Å². The van der Waals surface area contributed by atoms with Crippen LogP contribution in [-0.4, -0.2) is 37.2 Å². The number of hydrogen-bond donors (Lipinski definition) is 0. The molecule has 0 fully saturated rings. The molecule has 0 aliphatic heterocycles. The zero-order valence-corrected chi connectivity index (χ0v) is 44.7. The summed E-state index contributed by atoms with van der Waals surface area (Å²) in [4.78, 5) is 38.1. The van der Waals surface area contributed by atoms with Crippen molar-refractivity contribution in [3.63, 3.8) is 0 Å². The Morgan fingerprint density at radius 3 is 0.910 bits per heavy atom. The highest BCUT2D eigenvalue weighted by Gasteiger charge is 2.19. The number of carbonyl (C=O) groups excluding carboxylic acids is 3. The molecular formula is C61H110O6. The number of rotatable bonds is 53. The lowest BCUT2D eigenvalue weighted by Gasteiger charge is -2.18. The quantitative estimate of drug-likeness (QED) is 0.0262. The molecule has 0 saturated carbocycles. The molecule has 1 atom stereocenters. The minimum absolute atomic E-state index is 0.0817. The molecule has 0 N–H and O–H groups in total. The van der Waals surface area contributed by atoms with Gasteiger partial charge in [-0.05, 0) is 57.8 Å². The van der Waals surface area contributed by atoms with Crippen LogP contribution in [0.5, 0.6) is 0 Å². The Kier molecular flexibility index (Phi) is 53.8. The summed E-state index contributed by atoms with van der Waals surface area (Å²) in [7, 11) is 0. The second-order valence-corrected chi connectivity index (χ2v) is 19.5. The maximum atomic E-state index is 12.9. The van der Waals surface area contributed by atoms with Crippen LogP contribution in [0.1, 0.15) is 303 Å². The van der Waals surface area contributed by atoms with Crippen LogP contribution in [-0.2, 0) is 28.6 Å². The fourth-order valence-corrected chi connectivity index (χ4v) is 8.49. The van der Waals surface area contributed by atoms with Gasteiger partial charge in [-0.2, -0.15) is 0 Å². The van der Waals surface area contributed by atoms with Crippen LogP contribution in [0.4, 0.5) is 0 Å². The molecule has 0 aromatic carbocycles. The fraction of sp³-hybridized carbons (Fsp3) is 0.820. The SMILES string of the molecule is CC/C=C\C/C=C\C/C=C\C/C=C\CCCCC(=O)OCC(COC(=O)CCCCCCCCCCCCCCCCCCC)OC(=O)CCCCCCCCCCCCCCCCCCC. The first kappa shape index (κ1) is 64.4. The Bertz CT molecular complexity index is 1170. The largest absolute Gasteiger partial charge is 0.462 e. The van der Waals surface area contributed by atoms with E-state index in [1.165, 1.54) is 180 Å². The summed E-state index contributed by atoms with van der Waals surface area (Å²) in [5.41, 5.74) is 0. The van der Waals surface area contributed by atoms with E-state index in [1.807, 2.05) is 0 Å². The number of allylic oxidation sites excluding steroid dienone is 8. The highest BCUT2D eigenvalue weighted by atomic mass is 16.6. The van der Waals surface area contributed by atoms with Gasteiger partial charge in [-0.15, -0.1) is 0 Å². The zero-order chi connectivity index (χ0) is 48.6. The summed E-state index contributed by atoms with van der Waals surface area (Å²) >= 11 is 0. The second-order valence-electron chi connectivity index (χ2n) is 19.5. The number of unbranched alkanes of at least 4 members (excludes halogenated alkanes) is 34. The molecule has 0 aliphatic carbocycles. The van der Waals surface area contributed by atoms with Crippen molar-refractivity contribution in [1.82, 2.24) is 0 Å². The van der Waals surface area contributed by atoms with Gasteiger partial charge in [-0.3, -0.25) is 14.4 Å². The third kappa shape index (κ3) is 54.2. The third-order valence-electron chi connectivity index (χ3n) is 12.8. The molecule has 1 unspecified atom stereocenters. The summed E-state index contributed by atoms with van der Waals surface area (Å²) < 4.78 is 16.9. The third-order valence-corrected chi connectivity index (χ3v) is 12.8. The van der Waals surface area contributed by atoms with Gasteiger partial charge in [0.15, 0.2) is 6.10 Å². The van der Waals surface area contributed by atoms with Crippen molar-refractivity contribution in [1.29, 1.82) is 0 Å². The van der Waals surface area contributed by atoms with Crippen LogP contribution in [0.25, 0.3) is 0 Å². The average molecular weight is 940 g/mol. The van der Waals surface area contributed by atoms with Gasteiger partial charge >= 0.3 is 17.9 Å². The Hall–Kier alpha value is -2.63. The van der Waals surface area contributed by atoms with Crippen molar-refractivity contribution in [2.75, 3.05) is 13.2 Å². The lowest BCUT2D eigenvalue weighted by Crippen LogP contribution is -2.30.